The molecular formula is C12H25N2O2+. The van der Waals surface area contributed by atoms with Gasteiger partial charge in [-0.05, 0) is 6.92 Å². The third-order valence-electron chi connectivity index (χ3n) is 3.18. The number of hydrogen-bond donors (Lipinski definition) is 1. The maximum atomic E-state index is 11.1. The molecule has 0 spiro atoms. The normalized spacial score (nSPS) is 17.8. The van der Waals surface area contributed by atoms with Gasteiger partial charge in [-0.15, -0.1) is 0 Å². The lowest BCUT2D eigenvalue weighted by Gasteiger charge is -2.29. The second-order valence-electron chi connectivity index (χ2n) is 4.42. The molecule has 1 amide bonds. The second kappa shape index (κ2) is 7.63. The van der Waals surface area contributed by atoms with Crippen LogP contribution in [0.25, 0.3) is 0 Å². The number of rotatable bonds is 6. The summed E-state index contributed by atoms with van der Waals surface area (Å²) in [5.74, 6) is 0.217. The van der Waals surface area contributed by atoms with Gasteiger partial charge in [0, 0.05) is 45.9 Å². The number of quaternary nitrogens is 1. The molecule has 0 saturated carbocycles. The van der Waals surface area contributed by atoms with Gasteiger partial charge in [0.15, 0.2) is 0 Å². The molecule has 0 atom stereocenters. The molecule has 16 heavy (non-hydrogen) atoms. The average Bonchev–Trinajstić information content (AvgIpc) is 2.29. The number of carbonyl (C=O) groups is 1. The van der Waals surface area contributed by atoms with E-state index in [1.807, 2.05) is 11.8 Å². The van der Waals surface area contributed by atoms with Crippen LogP contribution in [0.4, 0.5) is 0 Å². The number of amides is 1. The van der Waals surface area contributed by atoms with Crippen molar-refractivity contribution >= 4 is 5.91 Å². The minimum Gasteiger partial charge on any atom is -0.382 e. The van der Waals surface area contributed by atoms with E-state index >= 15 is 0 Å². The highest BCUT2D eigenvalue weighted by atomic mass is 16.5. The Labute approximate surface area is 98.3 Å². The largest absolute Gasteiger partial charge is 0.382 e. The second-order valence-corrected chi connectivity index (χ2v) is 4.42. The molecule has 94 valence electrons. The number of ether oxygens (including phenoxy) is 1. The van der Waals surface area contributed by atoms with E-state index in [-0.39, 0.29) is 5.91 Å². The molecule has 0 unspecified atom stereocenters. The van der Waals surface area contributed by atoms with Crippen LogP contribution in [0, 0.1) is 0 Å². The van der Waals surface area contributed by atoms with Crippen LogP contribution in [0.1, 0.15) is 33.1 Å². The molecule has 1 heterocycles. The summed E-state index contributed by atoms with van der Waals surface area (Å²) in [6, 6.07) is 0.706. The van der Waals surface area contributed by atoms with E-state index < -0.39 is 0 Å². The quantitative estimate of drug-likeness (QED) is 0.651. The maximum Gasteiger partial charge on any atom is 0.219 e. The fraction of sp³-hybridized carbons (Fsp3) is 0.917. The van der Waals surface area contributed by atoms with Gasteiger partial charge in [-0.25, -0.2) is 0 Å². The molecule has 4 heteroatoms. The van der Waals surface area contributed by atoms with E-state index in [1.54, 1.807) is 6.92 Å². The third-order valence-corrected chi connectivity index (χ3v) is 3.18. The van der Waals surface area contributed by atoms with Crippen molar-refractivity contribution in [2.75, 3.05) is 32.8 Å². The summed E-state index contributed by atoms with van der Waals surface area (Å²) in [5.41, 5.74) is 0. The fourth-order valence-electron chi connectivity index (χ4n) is 2.13. The maximum absolute atomic E-state index is 11.1. The lowest BCUT2D eigenvalue weighted by atomic mass is 10.1. The molecule has 0 radical (unpaired) electrons. The number of likely N-dealkylation sites (tertiary alicyclic amines) is 1. The first-order valence-corrected chi connectivity index (χ1v) is 6.40. The lowest BCUT2D eigenvalue weighted by molar-refractivity contribution is -0.692. The monoisotopic (exact) mass is 229 g/mol. The van der Waals surface area contributed by atoms with Crippen molar-refractivity contribution in [2.45, 2.75) is 39.2 Å². The molecule has 1 rings (SSSR count). The molecule has 0 aromatic rings. The minimum atomic E-state index is 0.217. The molecule has 0 bridgehead atoms. The van der Waals surface area contributed by atoms with E-state index in [0.717, 1.165) is 52.1 Å². The Morgan fingerprint density at radius 3 is 2.69 bits per heavy atom. The Bertz CT molecular complexity index is 201. The molecule has 0 aromatic heterocycles. The van der Waals surface area contributed by atoms with Crippen LogP contribution in [0.15, 0.2) is 0 Å². The van der Waals surface area contributed by atoms with Crippen LogP contribution in [0.3, 0.4) is 0 Å². The van der Waals surface area contributed by atoms with Gasteiger partial charge in [0.05, 0.1) is 19.2 Å². The van der Waals surface area contributed by atoms with Crippen LogP contribution in [0.2, 0.25) is 0 Å². The Morgan fingerprint density at radius 1 is 1.44 bits per heavy atom. The van der Waals surface area contributed by atoms with E-state index in [2.05, 4.69) is 5.32 Å². The zero-order valence-corrected chi connectivity index (χ0v) is 10.6. The molecule has 0 aliphatic carbocycles. The number of hydrogen-bond acceptors (Lipinski definition) is 2. The van der Waals surface area contributed by atoms with E-state index in [1.165, 1.54) is 0 Å². The Balaban J connectivity index is 2.02. The fourth-order valence-corrected chi connectivity index (χ4v) is 2.13. The lowest BCUT2D eigenvalue weighted by Crippen LogP contribution is -2.91. The first-order valence-electron chi connectivity index (χ1n) is 6.40. The summed E-state index contributed by atoms with van der Waals surface area (Å²) < 4.78 is 5.30. The highest BCUT2D eigenvalue weighted by molar-refractivity contribution is 5.73. The Morgan fingerprint density at radius 2 is 2.12 bits per heavy atom. The predicted octanol–water partition coefficient (Wildman–Crippen LogP) is -0.0127. The van der Waals surface area contributed by atoms with Gasteiger partial charge in [-0.2, -0.15) is 0 Å². The molecule has 1 fully saturated rings. The Kier molecular flexibility index (Phi) is 6.42. The molecule has 1 aliphatic rings. The van der Waals surface area contributed by atoms with Crippen LogP contribution in [-0.4, -0.2) is 49.7 Å². The predicted molar refractivity (Wildman–Crippen MR) is 63.2 cm³/mol. The number of nitrogens with zero attached hydrogens (tertiary/aromatic N) is 1. The van der Waals surface area contributed by atoms with Crippen molar-refractivity contribution in [3.05, 3.63) is 0 Å². The van der Waals surface area contributed by atoms with Crippen molar-refractivity contribution in [1.29, 1.82) is 0 Å². The molecule has 1 aliphatic heterocycles. The summed E-state index contributed by atoms with van der Waals surface area (Å²) in [6.07, 6.45) is 3.39. The third kappa shape index (κ3) is 4.94. The summed E-state index contributed by atoms with van der Waals surface area (Å²) in [4.78, 5) is 13.1. The van der Waals surface area contributed by atoms with Gasteiger partial charge in [-0.1, -0.05) is 0 Å². The van der Waals surface area contributed by atoms with Crippen LogP contribution >= 0.6 is 0 Å². The van der Waals surface area contributed by atoms with Crippen molar-refractivity contribution < 1.29 is 14.8 Å². The van der Waals surface area contributed by atoms with Gasteiger partial charge in [0.25, 0.3) is 0 Å². The number of carbonyl (C=O) groups excluding carboxylic acids is 1. The summed E-state index contributed by atoms with van der Waals surface area (Å²) >= 11 is 0. The summed E-state index contributed by atoms with van der Waals surface area (Å²) in [6.45, 7) is 8.39. The van der Waals surface area contributed by atoms with Gasteiger partial charge < -0.3 is 15.0 Å². The zero-order valence-electron chi connectivity index (χ0n) is 10.6. The Hall–Kier alpha value is -0.610. The van der Waals surface area contributed by atoms with Crippen LogP contribution in [0.5, 0.6) is 0 Å². The van der Waals surface area contributed by atoms with E-state index in [9.17, 15) is 4.79 Å². The van der Waals surface area contributed by atoms with Crippen LogP contribution in [-0.2, 0) is 9.53 Å². The topological polar surface area (TPSA) is 46.1 Å². The van der Waals surface area contributed by atoms with Gasteiger partial charge in [0.1, 0.15) is 0 Å². The van der Waals surface area contributed by atoms with Gasteiger partial charge in [0.2, 0.25) is 5.91 Å². The van der Waals surface area contributed by atoms with Gasteiger partial charge in [-0.3, -0.25) is 4.79 Å². The van der Waals surface area contributed by atoms with Crippen molar-refractivity contribution in [3.63, 3.8) is 0 Å². The highest BCUT2D eigenvalue weighted by Crippen LogP contribution is 2.06. The van der Waals surface area contributed by atoms with Gasteiger partial charge >= 0.3 is 0 Å². The van der Waals surface area contributed by atoms with Crippen molar-refractivity contribution in [2.24, 2.45) is 0 Å². The van der Waals surface area contributed by atoms with E-state index in [4.69, 9.17) is 4.74 Å². The molecule has 1 saturated heterocycles. The van der Waals surface area contributed by atoms with Crippen LogP contribution < -0.4 is 5.32 Å². The zero-order chi connectivity index (χ0) is 11.8. The first kappa shape index (κ1) is 13.5. The SMILES string of the molecule is CCOCCC[NH2+]C1CCN(C(C)=O)CC1. The highest BCUT2D eigenvalue weighted by Gasteiger charge is 2.22. The average molecular weight is 229 g/mol. The molecule has 0 aromatic carbocycles. The summed E-state index contributed by atoms with van der Waals surface area (Å²) in [5, 5.41) is 2.41. The molecule has 2 N–H and O–H groups in total. The standard InChI is InChI=1S/C12H24N2O2/c1-3-16-10-4-7-13-12-5-8-14(9-6-12)11(2)15/h12-13H,3-10H2,1-2H3/p+1. The first-order chi connectivity index (χ1) is 7.74. The molecular weight excluding hydrogens is 204 g/mol. The molecule has 4 nitrogen and oxygen atoms in total. The minimum absolute atomic E-state index is 0.217. The van der Waals surface area contributed by atoms with E-state index in [0.29, 0.717) is 6.04 Å². The van der Waals surface area contributed by atoms with Crippen molar-refractivity contribution in [1.82, 2.24) is 4.90 Å². The summed E-state index contributed by atoms with van der Waals surface area (Å²) in [7, 11) is 0. The number of nitrogens with two attached hydrogens (primary N) is 1. The van der Waals surface area contributed by atoms with Crippen molar-refractivity contribution in [3.8, 4) is 0 Å². The number of piperidine rings is 1. The smallest absolute Gasteiger partial charge is 0.219 e.